The van der Waals surface area contributed by atoms with E-state index < -0.39 is 5.60 Å². The van der Waals surface area contributed by atoms with E-state index in [1.54, 1.807) is 12.1 Å². The maximum Gasteiger partial charge on any atom is 0.0819 e. The van der Waals surface area contributed by atoms with Crippen LogP contribution in [-0.4, -0.2) is 17.3 Å². The van der Waals surface area contributed by atoms with Crippen molar-refractivity contribution >= 4 is 23.0 Å². The molecule has 3 nitrogen and oxygen atoms in total. The molecule has 0 amide bonds. The minimum Gasteiger partial charge on any atom is -0.397 e. The summed E-state index contributed by atoms with van der Waals surface area (Å²) in [6.45, 7) is 0.554. The lowest BCUT2D eigenvalue weighted by Crippen LogP contribution is -2.38. The van der Waals surface area contributed by atoms with E-state index in [9.17, 15) is 5.11 Å². The zero-order chi connectivity index (χ0) is 12.3. The Morgan fingerprint density at radius 3 is 2.65 bits per heavy atom. The van der Waals surface area contributed by atoms with Gasteiger partial charge in [-0.3, -0.25) is 0 Å². The largest absolute Gasteiger partial charge is 0.397 e. The Kier molecular flexibility index (Phi) is 3.79. The first-order valence-corrected chi connectivity index (χ1v) is 6.48. The van der Waals surface area contributed by atoms with E-state index in [-0.39, 0.29) is 0 Å². The van der Waals surface area contributed by atoms with E-state index in [4.69, 9.17) is 17.3 Å². The Balaban J connectivity index is 1.97. The minimum absolute atomic E-state index is 0.554. The van der Waals surface area contributed by atoms with Crippen molar-refractivity contribution in [1.82, 2.24) is 0 Å². The highest BCUT2D eigenvalue weighted by Gasteiger charge is 2.28. The van der Waals surface area contributed by atoms with Gasteiger partial charge in [-0.05, 0) is 31.0 Å². The zero-order valence-electron chi connectivity index (χ0n) is 9.88. The van der Waals surface area contributed by atoms with Gasteiger partial charge in [-0.1, -0.05) is 30.9 Å². The Bertz CT molecular complexity index is 389. The molecule has 1 saturated carbocycles. The van der Waals surface area contributed by atoms with Crippen LogP contribution in [0, 0.1) is 0 Å². The summed E-state index contributed by atoms with van der Waals surface area (Å²) >= 11 is 5.84. The Morgan fingerprint density at radius 2 is 2.00 bits per heavy atom. The second kappa shape index (κ2) is 5.15. The van der Waals surface area contributed by atoms with E-state index in [1.165, 1.54) is 6.42 Å². The molecule has 4 heteroatoms. The monoisotopic (exact) mass is 254 g/mol. The second-order valence-electron chi connectivity index (χ2n) is 4.87. The highest BCUT2D eigenvalue weighted by Crippen LogP contribution is 2.29. The average Bonchev–Trinajstić information content (AvgIpc) is 2.29. The Labute approximate surface area is 107 Å². The fourth-order valence-corrected chi connectivity index (χ4v) is 2.52. The van der Waals surface area contributed by atoms with Crippen LogP contribution in [0.2, 0.25) is 5.02 Å². The number of benzene rings is 1. The molecule has 4 N–H and O–H groups in total. The molecular formula is C13H19ClN2O. The molecule has 2 rings (SSSR count). The van der Waals surface area contributed by atoms with Crippen LogP contribution < -0.4 is 11.1 Å². The van der Waals surface area contributed by atoms with Crippen molar-refractivity contribution in [1.29, 1.82) is 0 Å². The third-order valence-corrected chi connectivity index (χ3v) is 3.64. The van der Waals surface area contributed by atoms with Crippen LogP contribution >= 0.6 is 11.6 Å². The SMILES string of the molecule is Nc1cc(Cl)ccc1NCC1(O)CCCCC1. The number of halogens is 1. The van der Waals surface area contributed by atoms with Crippen LogP contribution in [0.1, 0.15) is 32.1 Å². The van der Waals surface area contributed by atoms with Crippen LogP contribution in [0.15, 0.2) is 18.2 Å². The highest BCUT2D eigenvalue weighted by molar-refractivity contribution is 6.31. The van der Waals surface area contributed by atoms with Gasteiger partial charge in [-0.25, -0.2) is 0 Å². The normalized spacial score (nSPS) is 18.9. The fraction of sp³-hybridized carbons (Fsp3) is 0.538. The first-order chi connectivity index (χ1) is 8.09. The van der Waals surface area contributed by atoms with E-state index in [2.05, 4.69) is 5.32 Å². The predicted molar refractivity (Wildman–Crippen MR) is 72.4 cm³/mol. The van der Waals surface area contributed by atoms with Gasteiger partial charge in [-0.2, -0.15) is 0 Å². The smallest absolute Gasteiger partial charge is 0.0819 e. The Morgan fingerprint density at radius 1 is 1.29 bits per heavy atom. The van der Waals surface area contributed by atoms with Gasteiger partial charge >= 0.3 is 0 Å². The summed E-state index contributed by atoms with van der Waals surface area (Å²) in [7, 11) is 0. The van der Waals surface area contributed by atoms with Crippen molar-refractivity contribution < 1.29 is 5.11 Å². The quantitative estimate of drug-likeness (QED) is 0.727. The average molecular weight is 255 g/mol. The number of nitrogens with one attached hydrogen (secondary N) is 1. The molecule has 0 bridgehead atoms. The van der Waals surface area contributed by atoms with E-state index in [0.29, 0.717) is 17.3 Å². The molecule has 1 aliphatic carbocycles. The van der Waals surface area contributed by atoms with Crippen molar-refractivity contribution in [3.8, 4) is 0 Å². The molecule has 0 saturated heterocycles. The van der Waals surface area contributed by atoms with Crippen LogP contribution in [0.4, 0.5) is 11.4 Å². The molecule has 17 heavy (non-hydrogen) atoms. The molecule has 1 aliphatic rings. The lowest BCUT2D eigenvalue weighted by Gasteiger charge is -2.32. The fourth-order valence-electron chi connectivity index (χ4n) is 2.34. The van der Waals surface area contributed by atoms with E-state index in [0.717, 1.165) is 31.4 Å². The summed E-state index contributed by atoms with van der Waals surface area (Å²) in [5.74, 6) is 0. The third kappa shape index (κ3) is 3.27. The second-order valence-corrected chi connectivity index (χ2v) is 5.31. The van der Waals surface area contributed by atoms with Gasteiger partial charge in [0.25, 0.3) is 0 Å². The van der Waals surface area contributed by atoms with Crippen LogP contribution in [0.5, 0.6) is 0 Å². The molecule has 94 valence electrons. The van der Waals surface area contributed by atoms with Gasteiger partial charge in [0.15, 0.2) is 0 Å². The summed E-state index contributed by atoms with van der Waals surface area (Å²) < 4.78 is 0. The van der Waals surface area contributed by atoms with Gasteiger partial charge in [0.2, 0.25) is 0 Å². The molecular weight excluding hydrogens is 236 g/mol. The molecule has 0 aliphatic heterocycles. The molecule has 0 atom stereocenters. The highest BCUT2D eigenvalue weighted by atomic mass is 35.5. The van der Waals surface area contributed by atoms with Gasteiger partial charge in [-0.15, -0.1) is 0 Å². The van der Waals surface area contributed by atoms with Gasteiger partial charge in [0.05, 0.1) is 17.0 Å². The van der Waals surface area contributed by atoms with Crippen molar-refractivity contribution in [2.75, 3.05) is 17.6 Å². The van der Waals surface area contributed by atoms with Gasteiger partial charge in [0.1, 0.15) is 0 Å². The molecule has 0 radical (unpaired) electrons. The lowest BCUT2D eigenvalue weighted by molar-refractivity contribution is 0.0167. The number of anilines is 2. The van der Waals surface area contributed by atoms with Crippen LogP contribution in [0.3, 0.4) is 0 Å². The summed E-state index contributed by atoms with van der Waals surface area (Å²) in [5.41, 5.74) is 6.74. The summed E-state index contributed by atoms with van der Waals surface area (Å²) in [6, 6.07) is 5.36. The van der Waals surface area contributed by atoms with Gasteiger partial charge in [0, 0.05) is 11.6 Å². The maximum absolute atomic E-state index is 10.3. The minimum atomic E-state index is -0.579. The topological polar surface area (TPSA) is 58.3 Å². The number of aliphatic hydroxyl groups is 1. The maximum atomic E-state index is 10.3. The molecule has 0 spiro atoms. The molecule has 0 heterocycles. The summed E-state index contributed by atoms with van der Waals surface area (Å²) in [6.07, 6.45) is 5.18. The van der Waals surface area contributed by atoms with Crippen molar-refractivity contribution in [3.63, 3.8) is 0 Å². The third-order valence-electron chi connectivity index (χ3n) is 3.41. The standard InChI is InChI=1S/C13H19ClN2O/c14-10-4-5-12(11(15)8-10)16-9-13(17)6-2-1-3-7-13/h4-5,8,16-17H,1-3,6-7,9,15H2. The van der Waals surface area contributed by atoms with Crippen LogP contribution in [0.25, 0.3) is 0 Å². The predicted octanol–water partition coefficient (Wildman–Crippen LogP) is 3.03. The number of nitrogens with two attached hydrogens (primary N) is 1. The number of hydrogen-bond donors (Lipinski definition) is 3. The van der Waals surface area contributed by atoms with E-state index in [1.807, 2.05) is 6.07 Å². The first-order valence-electron chi connectivity index (χ1n) is 6.10. The van der Waals surface area contributed by atoms with E-state index >= 15 is 0 Å². The molecule has 1 aromatic rings. The van der Waals surface area contributed by atoms with Crippen molar-refractivity contribution in [2.24, 2.45) is 0 Å². The van der Waals surface area contributed by atoms with Crippen molar-refractivity contribution in [3.05, 3.63) is 23.2 Å². The molecule has 0 aromatic heterocycles. The van der Waals surface area contributed by atoms with Crippen LogP contribution in [-0.2, 0) is 0 Å². The molecule has 1 fully saturated rings. The summed E-state index contributed by atoms with van der Waals surface area (Å²) in [5, 5.41) is 14.2. The first kappa shape index (κ1) is 12.5. The van der Waals surface area contributed by atoms with Gasteiger partial charge < -0.3 is 16.2 Å². The van der Waals surface area contributed by atoms with Crippen molar-refractivity contribution in [2.45, 2.75) is 37.7 Å². The number of hydrogen-bond acceptors (Lipinski definition) is 3. The molecule has 0 unspecified atom stereocenters. The number of rotatable bonds is 3. The summed E-state index contributed by atoms with van der Waals surface area (Å²) in [4.78, 5) is 0. The Hall–Kier alpha value is -0.930. The zero-order valence-corrected chi connectivity index (χ0v) is 10.6. The number of nitrogen functional groups attached to an aromatic ring is 1. The lowest BCUT2D eigenvalue weighted by atomic mass is 9.85. The molecule has 1 aromatic carbocycles.